The third-order valence-corrected chi connectivity index (χ3v) is 4.58. The Bertz CT molecular complexity index is 1150. The van der Waals surface area contributed by atoms with Crippen LogP contribution >= 0.6 is 15.9 Å². The minimum Gasteiger partial charge on any atom is -0.494 e. The first-order valence-electron chi connectivity index (χ1n) is 8.71. The first-order valence-corrected chi connectivity index (χ1v) is 9.50. The maximum atomic E-state index is 12.3. The number of benzene rings is 2. The number of carbonyl (C=O) groups is 1. The number of aryl methyl sites for hydroxylation is 1. The Kier molecular flexibility index (Phi) is 4.87. The summed E-state index contributed by atoms with van der Waals surface area (Å²) in [7, 11) is 0. The van der Waals surface area contributed by atoms with Crippen LogP contribution in [0.15, 0.2) is 57.6 Å². The van der Waals surface area contributed by atoms with Gasteiger partial charge in [-0.1, -0.05) is 0 Å². The average molecular weight is 441 g/mol. The second kappa shape index (κ2) is 7.47. The lowest BCUT2D eigenvalue weighted by atomic mass is 10.1. The number of fused-ring (bicyclic) bond motifs is 1. The van der Waals surface area contributed by atoms with E-state index in [1.54, 1.807) is 23.0 Å². The fourth-order valence-electron chi connectivity index (χ4n) is 2.78. The van der Waals surface area contributed by atoms with Crippen LogP contribution < -0.4 is 10.1 Å². The van der Waals surface area contributed by atoms with E-state index in [-0.39, 0.29) is 11.7 Å². The summed E-state index contributed by atoms with van der Waals surface area (Å²) in [5.74, 6) is 0.699. The number of carbonyl (C=O) groups excluding carboxylic acids is 1. The van der Waals surface area contributed by atoms with Gasteiger partial charge in [0.1, 0.15) is 16.8 Å². The molecule has 0 spiro atoms. The van der Waals surface area contributed by atoms with Crippen molar-refractivity contribution in [1.82, 2.24) is 15.0 Å². The van der Waals surface area contributed by atoms with Crippen molar-refractivity contribution in [2.24, 2.45) is 0 Å². The number of aromatic nitrogens is 3. The van der Waals surface area contributed by atoms with Gasteiger partial charge in [-0.2, -0.15) is 4.80 Å². The molecule has 0 radical (unpaired) electrons. The van der Waals surface area contributed by atoms with Crippen LogP contribution in [0.25, 0.3) is 16.7 Å². The van der Waals surface area contributed by atoms with Gasteiger partial charge in [0.05, 0.1) is 12.3 Å². The summed E-state index contributed by atoms with van der Waals surface area (Å²) in [6.07, 6.45) is 0. The molecule has 0 bridgehead atoms. The van der Waals surface area contributed by atoms with Crippen molar-refractivity contribution in [2.45, 2.75) is 13.8 Å². The van der Waals surface area contributed by atoms with Crippen LogP contribution in [0.1, 0.15) is 23.0 Å². The molecule has 7 nitrogen and oxygen atoms in total. The Morgan fingerprint density at radius 3 is 2.50 bits per heavy atom. The van der Waals surface area contributed by atoms with Gasteiger partial charge in [-0.3, -0.25) is 4.79 Å². The summed E-state index contributed by atoms with van der Waals surface area (Å²) in [4.78, 5) is 13.9. The molecule has 2 aromatic carbocycles. The van der Waals surface area contributed by atoms with Gasteiger partial charge in [-0.05, 0) is 83.9 Å². The number of hydrogen-bond donors (Lipinski definition) is 1. The summed E-state index contributed by atoms with van der Waals surface area (Å²) < 4.78 is 11.3. The zero-order chi connectivity index (χ0) is 19.7. The Morgan fingerprint density at radius 1 is 1.14 bits per heavy atom. The third-order valence-electron chi connectivity index (χ3n) is 4.15. The average Bonchev–Trinajstić information content (AvgIpc) is 3.29. The maximum absolute atomic E-state index is 12.3. The van der Waals surface area contributed by atoms with Gasteiger partial charge >= 0.3 is 0 Å². The molecule has 0 saturated carbocycles. The van der Waals surface area contributed by atoms with Crippen LogP contribution in [-0.2, 0) is 0 Å². The molecule has 0 aliphatic heterocycles. The molecule has 0 aliphatic rings. The molecule has 1 N–H and O–H groups in total. The molecule has 2 heterocycles. The fourth-order valence-corrected chi connectivity index (χ4v) is 3.09. The first kappa shape index (κ1) is 18.2. The number of ether oxygens (including phenoxy) is 1. The Labute approximate surface area is 169 Å². The van der Waals surface area contributed by atoms with Crippen LogP contribution in [0.5, 0.6) is 5.75 Å². The highest BCUT2D eigenvalue weighted by atomic mass is 79.9. The minimum absolute atomic E-state index is 0.226. The number of nitrogens with one attached hydrogen (secondary N) is 1. The van der Waals surface area contributed by atoms with E-state index in [0.717, 1.165) is 22.5 Å². The summed E-state index contributed by atoms with van der Waals surface area (Å²) in [6.45, 7) is 4.47. The number of halogens is 1. The largest absolute Gasteiger partial charge is 0.494 e. The zero-order valence-electron chi connectivity index (χ0n) is 15.3. The molecular formula is C20H17BrN4O3. The molecule has 2 aromatic heterocycles. The van der Waals surface area contributed by atoms with Gasteiger partial charge in [0, 0.05) is 5.69 Å². The highest BCUT2D eigenvalue weighted by Gasteiger charge is 2.14. The monoisotopic (exact) mass is 440 g/mol. The quantitative estimate of drug-likeness (QED) is 0.484. The number of anilines is 1. The van der Waals surface area contributed by atoms with E-state index in [2.05, 4.69) is 31.4 Å². The molecule has 0 saturated heterocycles. The van der Waals surface area contributed by atoms with Gasteiger partial charge in [0.15, 0.2) is 10.4 Å². The van der Waals surface area contributed by atoms with E-state index in [9.17, 15) is 4.79 Å². The molecule has 4 rings (SSSR count). The van der Waals surface area contributed by atoms with Gasteiger partial charge in [-0.25, -0.2) is 0 Å². The van der Waals surface area contributed by atoms with Crippen LogP contribution in [-0.4, -0.2) is 27.5 Å². The van der Waals surface area contributed by atoms with Gasteiger partial charge in [0.25, 0.3) is 5.91 Å². The predicted octanol–water partition coefficient (Wildman–Crippen LogP) is 4.74. The molecule has 28 heavy (non-hydrogen) atoms. The van der Waals surface area contributed by atoms with Gasteiger partial charge in [0.2, 0.25) is 0 Å². The summed E-state index contributed by atoms with van der Waals surface area (Å²) in [6, 6.07) is 14.5. The van der Waals surface area contributed by atoms with E-state index >= 15 is 0 Å². The number of rotatable bonds is 5. The van der Waals surface area contributed by atoms with E-state index in [1.165, 1.54) is 0 Å². The standard InChI is InChI=1S/C20H17BrN4O3/c1-3-27-14-6-4-13(5-7-14)25-23-16-10-12(2)15(11-17(16)24-25)22-20(26)18-8-9-19(21)28-18/h4-11H,3H2,1-2H3,(H,22,26). The normalized spacial score (nSPS) is 11.0. The molecule has 0 aliphatic carbocycles. The summed E-state index contributed by atoms with van der Waals surface area (Å²) in [5.41, 5.74) is 3.78. The highest BCUT2D eigenvalue weighted by Crippen LogP contribution is 2.24. The van der Waals surface area contributed by atoms with Crippen molar-refractivity contribution in [3.05, 3.63) is 64.5 Å². The number of nitrogens with zero attached hydrogens (tertiary/aromatic N) is 3. The Morgan fingerprint density at radius 2 is 1.86 bits per heavy atom. The molecule has 0 atom stereocenters. The second-order valence-electron chi connectivity index (χ2n) is 6.13. The topological polar surface area (TPSA) is 82.2 Å². The van der Waals surface area contributed by atoms with Crippen molar-refractivity contribution in [3.8, 4) is 11.4 Å². The SMILES string of the molecule is CCOc1ccc(-n2nc3cc(C)c(NC(=O)c4ccc(Br)o4)cc3n2)cc1. The molecule has 0 unspecified atom stereocenters. The van der Waals surface area contributed by atoms with Crippen LogP contribution in [0.3, 0.4) is 0 Å². The van der Waals surface area contributed by atoms with Crippen LogP contribution in [0, 0.1) is 6.92 Å². The lowest BCUT2D eigenvalue weighted by molar-refractivity contribution is 0.0995. The smallest absolute Gasteiger partial charge is 0.291 e. The first-order chi connectivity index (χ1) is 13.5. The van der Waals surface area contributed by atoms with Crippen LogP contribution in [0.4, 0.5) is 5.69 Å². The predicted molar refractivity (Wildman–Crippen MR) is 109 cm³/mol. The highest BCUT2D eigenvalue weighted by molar-refractivity contribution is 9.10. The maximum Gasteiger partial charge on any atom is 0.291 e. The Balaban J connectivity index is 1.62. The molecule has 1 amide bonds. The van der Waals surface area contributed by atoms with Crippen molar-refractivity contribution in [2.75, 3.05) is 11.9 Å². The zero-order valence-corrected chi connectivity index (χ0v) is 16.9. The lowest BCUT2D eigenvalue weighted by Crippen LogP contribution is -2.11. The summed E-state index contributed by atoms with van der Waals surface area (Å²) in [5, 5.41) is 11.9. The molecular weight excluding hydrogens is 424 g/mol. The van der Waals surface area contributed by atoms with Crippen LogP contribution in [0.2, 0.25) is 0 Å². The molecule has 4 aromatic rings. The van der Waals surface area contributed by atoms with E-state index < -0.39 is 0 Å². The number of hydrogen-bond acceptors (Lipinski definition) is 5. The second-order valence-corrected chi connectivity index (χ2v) is 6.91. The van der Waals surface area contributed by atoms with Gasteiger partial charge < -0.3 is 14.5 Å². The van der Waals surface area contributed by atoms with Gasteiger partial charge in [-0.15, -0.1) is 10.2 Å². The number of amides is 1. The van der Waals surface area contributed by atoms with E-state index in [1.807, 2.05) is 44.2 Å². The van der Waals surface area contributed by atoms with Crippen molar-refractivity contribution >= 4 is 38.6 Å². The lowest BCUT2D eigenvalue weighted by Gasteiger charge is -2.06. The minimum atomic E-state index is -0.327. The summed E-state index contributed by atoms with van der Waals surface area (Å²) >= 11 is 3.20. The van der Waals surface area contributed by atoms with E-state index in [4.69, 9.17) is 9.15 Å². The third kappa shape index (κ3) is 3.63. The van der Waals surface area contributed by atoms with Crippen molar-refractivity contribution < 1.29 is 13.9 Å². The fraction of sp³-hybridized carbons (Fsp3) is 0.150. The molecule has 142 valence electrons. The Hall–Kier alpha value is -3.13. The molecule has 0 fully saturated rings. The van der Waals surface area contributed by atoms with Crippen molar-refractivity contribution in [1.29, 1.82) is 0 Å². The molecule has 8 heteroatoms. The van der Waals surface area contributed by atoms with Crippen molar-refractivity contribution in [3.63, 3.8) is 0 Å². The number of furan rings is 1. The van der Waals surface area contributed by atoms with E-state index in [0.29, 0.717) is 22.5 Å².